The largest absolute Gasteiger partial charge is 0.478 e. The first kappa shape index (κ1) is 15.5. The van der Waals surface area contributed by atoms with E-state index in [4.69, 9.17) is 11.6 Å². The van der Waals surface area contributed by atoms with Crippen molar-refractivity contribution in [3.05, 3.63) is 62.6 Å². The molecule has 2 rings (SSSR count). The van der Waals surface area contributed by atoms with E-state index in [-0.39, 0.29) is 11.3 Å². The van der Waals surface area contributed by atoms with Crippen molar-refractivity contribution >= 4 is 45.1 Å². The van der Waals surface area contributed by atoms with Gasteiger partial charge in [-0.3, -0.25) is 4.79 Å². The fraction of sp³-hybridized carbons (Fsp3) is 0.0667. The molecule has 0 bridgehead atoms. The number of carboxylic acid groups (broad SMARTS) is 1. The number of carbonyl (C=O) groups excluding carboxylic acids is 1. The molecule has 0 aliphatic carbocycles. The lowest BCUT2D eigenvalue weighted by Crippen LogP contribution is -2.16. The topological polar surface area (TPSA) is 66.4 Å². The Balaban J connectivity index is 2.41. The van der Waals surface area contributed by atoms with E-state index in [1.165, 1.54) is 6.07 Å². The number of hydrogen-bond acceptors (Lipinski definition) is 2. The monoisotopic (exact) mass is 367 g/mol. The number of aryl methyl sites for hydroxylation is 1. The molecule has 0 saturated heterocycles. The minimum Gasteiger partial charge on any atom is -0.478 e. The SMILES string of the molecule is Cc1cccc(C(=O)Nc2c(Br)cccc2C(=O)O)c1Cl. The first-order chi connectivity index (χ1) is 9.91. The molecular weight excluding hydrogens is 358 g/mol. The predicted molar refractivity (Wildman–Crippen MR) is 85.2 cm³/mol. The van der Waals surface area contributed by atoms with E-state index in [1.54, 1.807) is 37.3 Å². The van der Waals surface area contributed by atoms with Crippen molar-refractivity contribution in [3.8, 4) is 0 Å². The number of halogens is 2. The average Bonchev–Trinajstić information content (AvgIpc) is 2.43. The first-order valence-electron chi connectivity index (χ1n) is 6.00. The van der Waals surface area contributed by atoms with Crippen molar-refractivity contribution in [1.29, 1.82) is 0 Å². The summed E-state index contributed by atoms with van der Waals surface area (Å²) in [6.07, 6.45) is 0. The van der Waals surface area contributed by atoms with Gasteiger partial charge >= 0.3 is 5.97 Å². The van der Waals surface area contributed by atoms with Crippen LogP contribution in [0.15, 0.2) is 40.9 Å². The predicted octanol–water partition coefficient (Wildman–Crippen LogP) is 4.36. The number of anilines is 1. The molecule has 2 aromatic carbocycles. The van der Waals surface area contributed by atoms with Crippen LogP contribution < -0.4 is 5.32 Å². The van der Waals surface area contributed by atoms with Crippen molar-refractivity contribution < 1.29 is 14.7 Å². The molecule has 2 aromatic rings. The van der Waals surface area contributed by atoms with E-state index in [1.807, 2.05) is 0 Å². The van der Waals surface area contributed by atoms with Gasteiger partial charge in [-0.15, -0.1) is 0 Å². The number of aromatic carboxylic acids is 1. The number of para-hydroxylation sites is 1. The van der Waals surface area contributed by atoms with Crippen LogP contribution >= 0.6 is 27.5 Å². The van der Waals surface area contributed by atoms with Gasteiger partial charge in [-0.1, -0.05) is 29.8 Å². The highest BCUT2D eigenvalue weighted by molar-refractivity contribution is 9.10. The summed E-state index contributed by atoms with van der Waals surface area (Å²) in [6, 6.07) is 9.75. The third-order valence-electron chi connectivity index (χ3n) is 2.92. The molecule has 21 heavy (non-hydrogen) atoms. The van der Waals surface area contributed by atoms with Gasteiger partial charge in [0.15, 0.2) is 0 Å². The lowest BCUT2D eigenvalue weighted by molar-refractivity contribution is 0.0698. The summed E-state index contributed by atoms with van der Waals surface area (Å²) in [5.41, 5.74) is 1.27. The summed E-state index contributed by atoms with van der Waals surface area (Å²) >= 11 is 9.35. The maximum absolute atomic E-state index is 12.3. The van der Waals surface area contributed by atoms with E-state index >= 15 is 0 Å². The molecule has 4 nitrogen and oxygen atoms in total. The highest BCUT2D eigenvalue weighted by atomic mass is 79.9. The molecule has 0 heterocycles. The van der Waals surface area contributed by atoms with Crippen molar-refractivity contribution in [2.75, 3.05) is 5.32 Å². The average molecular weight is 369 g/mol. The number of carboxylic acids is 1. The summed E-state index contributed by atoms with van der Waals surface area (Å²) < 4.78 is 0.486. The van der Waals surface area contributed by atoms with E-state index in [0.29, 0.717) is 15.1 Å². The van der Waals surface area contributed by atoms with Gasteiger partial charge in [0.25, 0.3) is 5.91 Å². The molecule has 0 aliphatic rings. The maximum atomic E-state index is 12.3. The van der Waals surface area contributed by atoms with Crippen LogP contribution in [0, 0.1) is 6.92 Å². The number of hydrogen-bond donors (Lipinski definition) is 2. The Morgan fingerprint density at radius 1 is 1.14 bits per heavy atom. The smallest absolute Gasteiger partial charge is 0.337 e. The Morgan fingerprint density at radius 3 is 2.43 bits per heavy atom. The molecule has 0 saturated carbocycles. The van der Waals surface area contributed by atoms with E-state index in [2.05, 4.69) is 21.2 Å². The fourth-order valence-corrected chi connectivity index (χ4v) is 2.51. The Bertz CT molecular complexity index is 731. The molecule has 0 aliphatic heterocycles. The second kappa shape index (κ2) is 6.28. The van der Waals surface area contributed by atoms with Gasteiger partial charge in [-0.05, 0) is 46.6 Å². The van der Waals surface area contributed by atoms with Gasteiger partial charge in [0.2, 0.25) is 0 Å². The minimum atomic E-state index is -1.12. The zero-order valence-electron chi connectivity index (χ0n) is 11.0. The number of carbonyl (C=O) groups is 2. The third kappa shape index (κ3) is 3.25. The van der Waals surface area contributed by atoms with Crippen LogP contribution in [0.4, 0.5) is 5.69 Å². The van der Waals surface area contributed by atoms with Crippen molar-refractivity contribution in [2.45, 2.75) is 6.92 Å². The van der Waals surface area contributed by atoms with Gasteiger partial charge in [-0.2, -0.15) is 0 Å². The van der Waals surface area contributed by atoms with E-state index in [9.17, 15) is 14.7 Å². The second-order valence-electron chi connectivity index (χ2n) is 4.36. The molecule has 0 atom stereocenters. The zero-order chi connectivity index (χ0) is 15.6. The Kier molecular flexibility index (Phi) is 4.65. The van der Waals surface area contributed by atoms with Gasteiger partial charge in [-0.25, -0.2) is 4.79 Å². The fourth-order valence-electron chi connectivity index (χ4n) is 1.83. The van der Waals surface area contributed by atoms with Crippen LogP contribution in [0.2, 0.25) is 5.02 Å². The molecule has 0 radical (unpaired) electrons. The van der Waals surface area contributed by atoms with Gasteiger partial charge in [0.05, 0.1) is 21.8 Å². The van der Waals surface area contributed by atoms with Gasteiger partial charge in [0, 0.05) is 4.47 Å². The van der Waals surface area contributed by atoms with Crippen LogP contribution in [-0.2, 0) is 0 Å². The molecule has 0 fully saturated rings. The number of amides is 1. The van der Waals surface area contributed by atoms with E-state index in [0.717, 1.165) is 5.56 Å². The minimum absolute atomic E-state index is 0.00139. The highest BCUT2D eigenvalue weighted by Crippen LogP contribution is 2.28. The second-order valence-corrected chi connectivity index (χ2v) is 5.59. The van der Waals surface area contributed by atoms with Crippen LogP contribution in [0.25, 0.3) is 0 Å². The van der Waals surface area contributed by atoms with Crippen LogP contribution in [0.1, 0.15) is 26.3 Å². The molecule has 108 valence electrons. The Morgan fingerprint density at radius 2 is 1.76 bits per heavy atom. The Labute approximate surface area is 134 Å². The number of benzene rings is 2. The van der Waals surface area contributed by atoms with Crippen LogP contribution in [-0.4, -0.2) is 17.0 Å². The first-order valence-corrected chi connectivity index (χ1v) is 7.17. The van der Waals surface area contributed by atoms with Crippen molar-refractivity contribution in [2.24, 2.45) is 0 Å². The van der Waals surface area contributed by atoms with Gasteiger partial charge < -0.3 is 10.4 Å². The zero-order valence-corrected chi connectivity index (χ0v) is 13.3. The van der Waals surface area contributed by atoms with E-state index < -0.39 is 11.9 Å². The van der Waals surface area contributed by atoms with Crippen LogP contribution in [0.3, 0.4) is 0 Å². The summed E-state index contributed by atoms with van der Waals surface area (Å²) in [5.74, 6) is -1.58. The molecule has 2 N–H and O–H groups in total. The van der Waals surface area contributed by atoms with Crippen LogP contribution in [0.5, 0.6) is 0 Å². The maximum Gasteiger partial charge on any atom is 0.337 e. The normalized spacial score (nSPS) is 10.2. The number of nitrogens with one attached hydrogen (secondary N) is 1. The lowest BCUT2D eigenvalue weighted by atomic mass is 10.1. The lowest BCUT2D eigenvalue weighted by Gasteiger charge is -2.12. The molecule has 6 heteroatoms. The number of rotatable bonds is 3. The summed E-state index contributed by atoms with van der Waals surface area (Å²) in [4.78, 5) is 23.5. The molecular formula is C15H11BrClNO3. The third-order valence-corrected chi connectivity index (χ3v) is 4.08. The van der Waals surface area contributed by atoms with Crippen molar-refractivity contribution in [1.82, 2.24) is 0 Å². The molecule has 1 amide bonds. The molecule has 0 aromatic heterocycles. The highest BCUT2D eigenvalue weighted by Gasteiger charge is 2.18. The summed E-state index contributed by atoms with van der Waals surface area (Å²) in [5, 5.41) is 12.1. The summed E-state index contributed by atoms with van der Waals surface area (Å²) in [7, 11) is 0. The summed E-state index contributed by atoms with van der Waals surface area (Å²) in [6.45, 7) is 1.79. The molecule has 0 spiro atoms. The van der Waals surface area contributed by atoms with Crippen molar-refractivity contribution in [3.63, 3.8) is 0 Å². The van der Waals surface area contributed by atoms with Gasteiger partial charge in [0.1, 0.15) is 0 Å². The standard InChI is InChI=1S/C15H11BrClNO3/c1-8-4-2-5-9(12(8)17)14(19)18-13-10(15(20)21)6-3-7-11(13)16/h2-7H,1H3,(H,18,19)(H,20,21). The quantitative estimate of drug-likeness (QED) is 0.846. The molecule has 0 unspecified atom stereocenters. The Hall–Kier alpha value is -1.85.